The molecular formula is C64H44N2. The SMILES string of the molecule is c1ccc(-c2ccccc2-c2c(-c3ccccc3)cccc2-c2ccc(N(c3cccc(-c4ccc5c(c4)c4ccccc4n5-c4ccccc4)c3)c3cccc4ccccc34)cc2)cc1. The summed E-state index contributed by atoms with van der Waals surface area (Å²) >= 11 is 0. The molecule has 0 N–H and O–H groups in total. The minimum absolute atomic E-state index is 1.08. The highest BCUT2D eigenvalue weighted by atomic mass is 15.1. The topological polar surface area (TPSA) is 8.17 Å². The molecule has 2 heteroatoms. The summed E-state index contributed by atoms with van der Waals surface area (Å²) in [5.41, 5.74) is 18.8. The van der Waals surface area contributed by atoms with E-state index >= 15 is 0 Å². The molecule has 0 saturated carbocycles. The van der Waals surface area contributed by atoms with Gasteiger partial charge < -0.3 is 9.47 Å². The summed E-state index contributed by atoms with van der Waals surface area (Å²) in [6, 6.07) is 96.9. The van der Waals surface area contributed by atoms with Crippen LogP contribution < -0.4 is 4.90 Å². The third-order valence-corrected chi connectivity index (χ3v) is 13.0. The van der Waals surface area contributed by atoms with Crippen molar-refractivity contribution in [2.24, 2.45) is 0 Å². The first-order chi connectivity index (χ1) is 32.8. The van der Waals surface area contributed by atoms with Crippen LogP contribution in [0, 0.1) is 0 Å². The van der Waals surface area contributed by atoms with E-state index in [1.54, 1.807) is 0 Å². The molecule has 1 aromatic heterocycles. The van der Waals surface area contributed by atoms with Crippen LogP contribution in [0.5, 0.6) is 0 Å². The van der Waals surface area contributed by atoms with Crippen molar-refractivity contribution < 1.29 is 0 Å². The Kier molecular flexibility index (Phi) is 9.89. The van der Waals surface area contributed by atoms with Crippen LogP contribution >= 0.6 is 0 Å². The summed E-state index contributed by atoms with van der Waals surface area (Å²) in [7, 11) is 0. The summed E-state index contributed by atoms with van der Waals surface area (Å²) in [6.07, 6.45) is 0. The van der Waals surface area contributed by atoms with E-state index in [1.165, 1.54) is 77.1 Å². The molecule has 0 aliphatic carbocycles. The van der Waals surface area contributed by atoms with Gasteiger partial charge in [-0.1, -0.05) is 206 Å². The Hall–Kier alpha value is -8.72. The standard InChI is InChI=1S/C64H44N2/c1-4-19-45(20-5-1)54-29-12-13-32-59(54)64-56(47-21-6-2-7-22-47)33-18-34-57(64)48-37-40-52(41-38-48)65(61-36-17-24-46-23-10-11-30-55(46)61)53-28-16-25-49(43-53)50-39-42-63-60(44-50)58-31-14-15-35-62(58)66(63)51-26-8-3-9-27-51/h1-44H. The van der Waals surface area contributed by atoms with E-state index in [9.17, 15) is 0 Å². The van der Waals surface area contributed by atoms with E-state index in [4.69, 9.17) is 0 Å². The van der Waals surface area contributed by atoms with Crippen LogP contribution in [0.4, 0.5) is 17.1 Å². The molecule has 0 saturated heterocycles. The lowest BCUT2D eigenvalue weighted by atomic mass is 9.84. The number of para-hydroxylation sites is 2. The average molecular weight is 841 g/mol. The number of rotatable bonds is 9. The van der Waals surface area contributed by atoms with Crippen LogP contribution in [0.1, 0.15) is 0 Å². The van der Waals surface area contributed by atoms with Gasteiger partial charge in [-0.05, 0) is 122 Å². The summed E-state index contributed by atoms with van der Waals surface area (Å²) in [4.78, 5) is 2.42. The fraction of sp³-hybridized carbons (Fsp3) is 0. The first-order valence-electron chi connectivity index (χ1n) is 22.7. The average Bonchev–Trinajstić information content (AvgIpc) is 3.73. The Morgan fingerprint density at radius 3 is 1.53 bits per heavy atom. The zero-order chi connectivity index (χ0) is 43.8. The molecule has 0 fully saturated rings. The van der Waals surface area contributed by atoms with E-state index in [-0.39, 0.29) is 0 Å². The molecule has 2 nitrogen and oxygen atoms in total. The van der Waals surface area contributed by atoms with Gasteiger partial charge in [-0.25, -0.2) is 0 Å². The first kappa shape index (κ1) is 38.9. The molecule has 0 radical (unpaired) electrons. The maximum atomic E-state index is 2.42. The smallest absolute Gasteiger partial charge is 0.0541 e. The summed E-state index contributed by atoms with van der Waals surface area (Å²) in [5.74, 6) is 0. The molecule has 1 heterocycles. The maximum absolute atomic E-state index is 2.42. The Morgan fingerprint density at radius 2 is 0.773 bits per heavy atom. The molecule has 0 amide bonds. The molecule has 11 aromatic carbocycles. The van der Waals surface area contributed by atoms with Crippen molar-refractivity contribution in [3.05, 3.63) is 267 Å². The van der Waals surface area contributed by atoms with E-state index < -0.39 is 0 Å². The van der Waals surface area contributed by atoms with Crippen molar-refractivity contribution in [1.29, 1.82) is 0 Å². The second-order valence-electron chi connectivity index (χ2n) is 16.9. The Balaban J connectivity index is 1.00. The summed E-state index contributed by atoms with van der Waals surface area (Å²) < 4.78 is 2.37. The molecule has 0 aliphatic heterocycles. The molecule has 0 atom stereocenters. The van der Waals surface area contributed by atoms with Crippen molar-refractivity contribution in [1.82, 2.24) is 4.57 Å². The molecule has 0 aliphatic rings. The van der Waals surface area contributed by atoms with E-state index in [0.29, 0.717) is 0 Å². The number of nitrogens with zero attached hydrogens (tertiary/aromatic N) is 2. The van der Waals surface area contributed by atoms with Crippen LogP contribution in [0.3, 0.4) is 0 Å². The Labute approximate surface area is 385 Å². The van der Waals surface area contributed by atoms with Gasteiger partial charge in [0.05, 0.1) is 16.7 Å². The predicted octanol–water partition coefficient (Wildman–Crippen LogP) is 17.7. The maximum Gasteiger partial charge on any atom is 0.0541 e. The highest BCUT2D eigenvalue weighted by molar-refractivity contribution is 6.11. The number of benzene rings is 11. The summed E-state index contributed by atoms with van der Waals surface area (Å²) in [5, 5.41) is 4.88. The van der Waals surface area contributed by atoms with Gasteiger partial charge in [0, 0.05) is 33.2 Å². The zero-order valence-corrected chi connectivity index (χ0v) is 36.3. The fourth-order valence-corrected chi connectivity index (χ4v) is 9.96. The number of aromatic nitrogens is 1. The van der Waals surface area contributed by atoms with Gasteiger partial charge in [0.25, 0.3) is 0 Å². The lowest BCUT2D eigenvalue weighted by Gasteiger charge is -2.28. The van der Waals surface area contributed by atoms with Crippen LogP contribution in [0.2, 0.25) is 0 Å². The Bertz CT molecular complexity index is 3680. The van der Waals surface area contributed by atoms with Crippen molar-refractivity contribution in [2.45, 2.75) is 0 Å². The molecule has 66 heavy (non-hydrogen) atoms. The molecule has 0 unspecified atom stereocenters. The third-order valence-electron chi connectivity index (χ3n) is 13.0. The normalized spacial score (nSPS) is 11.3. The van der Waals surface area contributed by atoms with Gasteiger partial charge in [0.15, 0.2) is 0 Å². The minimum atomic E-state index is 1.08. The second kappa shape index (κ2) is 16.8. The highest BCUT2D eigenvalue weighted by Gasteiger charge is 2.21. The first-order valence-corrected chi connectivity index (χ1v) is 22.7. The molecular weight excluding hydrogens is 797 g/mol. The van der Waals surface area contributed by atoms with Crippen LogP contribution in [0.15, 0.2) is 267 Å². The minimum Gasteiger partial charge on any atom is -0.310 e. The fourth-order valence-electron chi connectivity index (χ4n) is 9.96. The molecule has 0 bridgehead atoms. The quantitative estimate of drug-likeness (QED) is 0.141. The van der Waals surface area contributed by atoms with Gasteiger partial charge >= 0.3 is 0 Å². The molecule has 310 valence electrons. The number of fused-ring (bicyclic) bond motifs is 4. The Morgan fingerprint density at radius 1 is 0.273 bits per heavy atom. The van der Waals surface area contributed by atoms with Gasteiger partial charge in [-0.3, -0.25) is 0 Å². The predicted molar refractivity (Wildman–Crippen MR) is 280 cm³/mol. The highest BCUT2D eigenvalue weighted by Crippen LogP contribution is 2.46. The van der Waals surface area contributed by atoms with Gasteiger partial charge in [0.2, 0.25) is 0 Å². The number of hydrogen-bond acceptors (Lipinski definition) is 1. The van der Waals surface area contributed by atoms with Gasteiger partial charge in [-0.15, -0.1) is 0 Å². The molecule has 12 aromatic rings. The van der Waals surface area contributed by atoms with Crippen molar-refractivity contribution in [3.8, 4) is 61.3 Å². The van der Waals surface area contributed by atoms with E-state index in [1.807, 2.05) is 0 Å². The number of anilines is 3. The molecule has 12 rings (SSSR count). The zero-order valence-electron chi connectivity index (χ0n) is 36.3. The summed E-state index contributed by atoms with van der Waals surface area (Å²) in [6.45, 7) is 0. The third kappa shape index (κ3) is 6.93. The van der Waals surface area contributed by atoms with Crippen LogP contribution in [0.25, 0.3) is 93.9 Å². The van der Waals surface area contributed by atoms with Crippen molar-refractivity contribution in [3.63, 3.8) is 0 Å². The van der Waals surface area contributed by atoms with Gasteiger partial charge in [0.1, 0.15) is 0 Å². The van der Waals surface area contributed by atoms with Crippen LogP contribution in [-0.4, -0.2) is 4.57 Å². The van der Waals surface area contributed by atoms with Crippen molar-refractivity contribution in [2.75, 3.05) is 4.90 Å². The van der Waals surface area contributed by atoms with E-state index in [2.05, 4.69) is 276 Å². The lowest BCUT2D eigenvalue weighted by Crippen LogP contribution is -2.10. The largest absolute Gasteiger partial charge is 0.310 e. The monoisotopic (exact) mass is 840 g/mol. The van der Waals surface area contributed by atoms with Crippen molar-refractivity contribution >= 4 is 49.6 Å². The second-order valence-corrected chi connectivity index (χ2v) is 16.9. The van der Waals surface area contributed by atoms with E-state index in [0.717, 1.165) is 33.9 Å². The number of hydrogen-bond donors (Lipinski definition) is 0. The van der Waals surface area contributed by atoms with Crippen LogP contribution in [-0.2, 0) is 0 Å². The lowest BCUT2D eigenvalue weighted by molar-refractivity contribution is 1.18. The molecule has 0 spiro atoms. The van der Waals surface area contributed by atoms with Gasteiger partial charge in [-0.2, -0.15) is 0 Å².